The number of nitrogens with zero attached hydrogens (tertiary/aromatic N) is 2. The molecule has 0 bridgehead atoms. The number of anilines is 1. The Balaban J connectivity index is 2.46. The quantitative estimate of drug-likeness (QED) is 0.366. The molecule has 1 aromatic heterocycles. The molecule has 0 saturated carbocycles. The monoisotopic (exact) mass is 332 g/mol. The molecule has 0 unspecified atom stereocenters. The first kappa shape index (κ1) is 18.2. The highest BCUT2D eigenvalue weighted by molar-refractivity contribution is 7.71. The summed E-state index contributed by atoms with van der Waals surface area (Å²) in [6, 6.07) is 0.765. The predicted molar refractivity (Wildman–Crippen MR) is 85.8 cm³/mol. The molecule has 0 aliphatic carbocycles. The number of aromatic amines is 1. The van der Waals surface area contributed by atoms with E-state index in [9.17, 15) is 0 Å². The van der Waals surface area contributed by atoms with Gasteiger partial charge in [-0.25, -0.2) is 9.97 Å². The van der Waals surface area contributed by atoms with Crippen molar-refractivity contribution < 1.29 is 13.3 Å². The lowest BCUT2D eigenvalue weighted by molar-refractivity contribution is 0.0710. The van der Waals surface area contributed by atoms with E-state index >= 15 is 0 Å². The molecule has 1 aromatic rings. The lowest BCUT2D eigenvalue weighted by Gasteiger charge is -2.28. The lowest BCUT2D eigenvalue weighted by atomic mass is 10.5. The highest BCUT2D eigenvalue weighted by Gasteiger charge is 2.39. The standard InChI is InChI=1S/C12H24N4O3SSi/c1-4-17-21(18-5-2,19-6-3)9-7-8-13-11-14-10-15-12(20)16-11/h10H,4-9H2,1-3H3,(H2,13,14,15,16,20). The van der Waals surface area contributed by atoms with E-state index in [1.807, 2.05) is 20.8 Å². The third-order valence-corrected chi connectivity index (χ3v) is 5.99. The van der Waals surface area contributed by atoms with E-state index in [1.54, 1.807) is 0 Å². The summed E-state index contributed by atoms with van der Waals surface area (Å²) >= 11 is 4.94. The molecule has 21 heavy (non-hydrogen) atoms. The van der Waals surface area contributed by atoms with Gasteiger partial charge in [0.25, 0.3) is 0 Å². The summed E-state index contributed by atoms with van der Waals surface area (Å²) in [6.45, 7) is 8.39. The SMILES string of the molecule is CCO[Si](CCCNc1ncnc(=S)[nH]1)(OCC)OCC. The molecule has 1 rings (SSSR count). The first-order valence-electron chi connectivity index (χ1n) is 7.22. The molecule has 0 aromatic carbocycles. The van der Waals surface area contributed by atoms with E-state index in [-0.39, 0.29) is 0 Å². The third-order valence-electron chi connectivity index (χ3n) is 2.63. The Hall–Kier alpha value is -0.873. The summed E-state index contributed by atoms with van der Waals surface area (Å²) in [6.07, 6.45) is 2.29. The smallest absolute Gasteiger partial charge is 0.374 e. The topological polar surface area (TPSA) is 81.3 Å². The van der Waals surface area contributed by atoms with E-state index in [2.05, 4.69) is 20.3 Å². The van der Waals surface area contributed by atoms with Gasteiger partial charge in [-0.3, -0.25) is 0 Å². The fourth-order valence-electron chi connectivity index (χ4n) is 1.91. The van der Waals surface area contributed by atoms with Crippen molar-refractivity contribution >= 4 is 27.0 Å². The van der Waals surface area contributed by atoms with Gasteiger partial charge in [0.05, 0.1) is 0 Å². The van der Waals surface area contributed by atoms with Gasteiger partial charge < -0.3 is 23.6 Å². The molecule has 0 aliphatic heterocycles. The first-order chi connectivity index (χ1) is 10.2. The van der Waals surface area contributed by atoms with Crippen molar-refractivity contribution in [1.29, 1.82) is 0 Å². The number of H-pyrrole nitrogens is 1. The minimum absolute atomic E-state index is 0.411. The summed E-state index contributed by atoms with van der Waals surface area (Å²) in [4.78, 5) is 10.8. The van der Waals surface area contributed by atoms with Gasteiger partial charge in [0.15, 0.2) is 0 Å². The fourth-order valence-corrected chi connectivity index (χ4v) is 4.66. The highest BCUT2D eigenvalue weighted by atomic mass is 32.1. The van der Waals surface area contributed by atoms with Crippen molar-refractivity contribution in [2.24, 2.45) is 0 Å². The molecule has 0 radical (unpaired) electrons. The molecule has 0 amide bonds. The molecule has 0 saturated heterocycles. The third kappa shape index (κ3) is 6.61. The number of hydrogen-bond acceptors (Lipinski definition) is 7. The van der Waals surface area contributed by atoms with Gasteiger partial charge in [0.1, 0.15) is 6.33 Å². The zero-order valence-electron chi connectivity index (χ0n) is 12.8. The predicted octanol–water partition coefficient (Wildman–Crippen LogP) is 2.38. The van der Waals surface area contributed by atoms with Crippen molar-refractivity contribution in [3.05, 3.63) is 11.1 Å². The Bertz CT molecular complexity index is 443. The second-order valence-corrected chi connectivity index (χ2v) is 7.28. The van der Waals surface area contributed by atoms with Crippen LogP contribution in [0.1, 0.15) is 27.2 Å². The van der Waals surface area contributed by atoms with Crippen LogP contribution in [-0.2, 0) is 13.3 Å². The van der Waals surface area contributed by atoms with Gasteiger partial charge in [-0.15, -0.1) is 0 Å². The molecule has 0 fully saturated rings. The number of aromatic nitrogens is 3. The van der Waals surface area contributed by atoms with Crippen LogP contribution in [0.15, 0.2) is 6.33 Å². The average molecular weight is 333 g/mol. The van der Waals surface area contributed by atoms with Gasteiger partial charge >= 0.3 is 8.80 Å². The van der Waals surface area contributed by atoms with Crippen molar-refractivity contribution in [3.63, 3.8) is 0 Å². The Morgan fingerprint density at radius 2 is 1.76 bits per heavy atom. The zero-order valence-corrected chi connectivity index (χ0v) is 14.7. The van der Waals surface area contributed by atoms with Gasteiger partial charge in [-0.1, -0.05) is 0 Å². The van der Waals surface area contributed by atoms with E-state index in [0.29, 0.717) is 30.5 Å². The Kier molecular flexibility index (Phi) is 8.62. The van der Waals surface area contributed by atoms with Crippen LogP contribution in [-0.4, -0.2) is 50.1 Å². The van der Waals surface area contributed by atoms with E-state index < -0.39 is 8.80 Å². The van der Waals surface area contributed by atoms with Crippen LogP contribution in [0.5, 0.6) is 0 Å². The summed E-state index contributed by atoms with van der Waals surface area (Å²) < 4.78 is 17.8. The Labute approximate surface area is 131 Å². The van der Waals surface area contributed by atoms with Crippen LogP contribution in [0.3, 0.4) is 0 Å². The zero-order chi connectivity index (χ0) is 15.6. The molecular weight excluding hydrogens is 308 g/mol. The number of nitrogens with one attached hydrogen (secondary N) is 2. The molecule has 7 nitrogen and oxygen atoms in total. The van der Waals surface area contributed by atoms with Crippen LogP contribution in [0.25, 0.3) is 0 Å². The molecular formula is C12H24N4O3SSi. The van der Waals surface area contributed by atoms with Crippen LogP contribution in [0.4, 0.5) is 5.95 Å². The summed E-state index contributed by atoms with van der Waals surface area (Å²) in [7, 11) is -2.55. The molecule has 9 heteroatoms. The highest BCUT2D eigenvalue weighted by Crippen LogP contribution is 2.18. The maximum atomic E-state index is 5.80. The number of rotatable bonds is 11. The second kappa shape index (κ2) is 9.95. The maximum Gasteiger partial charge on any atom is 0.500 e. The Morgan fingerprint density at radius 3 is 2.29 bits per heavy atom. The van der Waals surface area contributed by atoms with Gasteiger partial charge in [-0.2, -0.15) is 0 Å². The largest absolute Gasteiger partial charge is 0.500 e. The van der Waals surface area contributed by atoms with Crippen molar-refractivity contribution in [1.82, 2.24) is 15.0 Å². The lowest BCUT2D eigenvalue weighted by Crippen LogP contribution is -2.46. The van der Waals surface area contributed by atoms with E-state index in [4.69, 9.17) is 25.5 Å². The van der Waals surface area contributed by atoms with Crippen LogP contribution in [0.2, 0.25) is 6.04 Å². The van der Waals surface area contributed by atoms with Gasteiger partial charge in [-0.05, 0) is 39.4 Å². The maximum absolute atomic E-state index is 5.80. The van der Waals surface area contributed by atoms with Crippen LogP contribution in [0, 0.1) is 4.77 Å². The Morgan fingerprint density at radius 1 is 1.14 bits per heavy atom. The van der Waals surface area contributed by atoms with Crippen LogP contribution < -0.4 is 5.32 Å². The molecule has 1 heterocycles. The van der Waals surface area contributed by atoms with Crippen LogP contribution >= 0.6 is 12.2 Å². The number of hydrogen-bond donors (Lipinski definition) is 2. The first-order valence-corrected chi connectivity index (χ1v) is 9.56. The van der Waals surface area contributed by atoms with Gasteiger partial charge in [0.2, 0.25) is 10.7 Å². The normalized spacial score (nSPS) is 11.6. The minimum Gasteiger partial charge on any atom is -0.374 e. The van der Waals surface area contributed by atoms with E-state index in [1.165, 1.54) is 6.33 Å². The minimum atomic E-state index is -2.55. The van der Waals surface area contributed by atoms with Crippen molar-refractivity contribution in [2.45, 2.75) is 33.2 Å². The second-order valence-electron chi connectivity index (χ2n) is 4.16. The molecule has 120 valence electrons. The van der Waals surface area contributed by atoms with Gasteiger partial charge in [0, 0.05) is 32.4 Å². The molecule has 0 aliphatic rings. The molecule has 2 N–H and O–H groups in total. The summed E-state index contributed by atoms with van der Waals surface area (Å²) in [5.41, 5.74) is 0. The van der Waals surface area contributed by atoms with Crippen molar-refractivity contribution in [3.8, 4) is 0 Å². The summed E-state index contributed by atoms with van der Waals surface area (Å²) in [5.74, 6) is 0.617. The van der Waals surface area contributed by atoms with Crippen molar-refractivity contribution in [2.75, 3.05) is 31.7 Å². The average Bonchev–Trinajstić information content (AvgIpc) is 2.45. The molecule has 0 spiro atoms. The van der Waals surface area contributed by atoms with E-state index in [0.717, 1.165) is 19.0 Å². The summed E-state index contributed by atoms with van der Waals surface area (Å²) in [5, 5.41) is 3.17. The fraction of sp³-hybridized carbons (Fsp3) is 0.750. The molecule has 0 atom stereocenters.